The van der Waals surface area contributed by atoms with Crippen LogP contribution >= 0.6 is 0 Å². The van der Waals surface area contributed by atoms with Gasteiger partial charge in [-0.1, -0.05) is 42.5 Å². The molecule has 8 heteroatoms. The van der Waals surface area contributed by atoms with Gasteiger partial charge in [0.25, 0.3) is 0 Å². The van der Waals surface area contributed by atoms with Crippen LogP contribution in [0.1, 0.15) is 5.56 Å². The van der Waals surface area contributed by atoms with Crippen molar-refractivity contribution in [3.63, 3.8) is 0 Å². The van der Waals surface area contributed by atoms with Gasteiger partial charge in [-0.3, -0.25) is 4.79 Å². The van der Waals surface area contributed by atoms with Gasteiger partial charge in [0.1, 0.15) is 22.5 Å². The average Bonchev–Trinajstić information content (AvgIpc) is 2.74. The number of rotatable bonds is 8. The summed E-state index contributed by atoms with van der Waals surface area (Å²) in [6.45, 7) is 0. The van der Waals surface area contributed by atoms with E-state index in [1.807, 2.05) is 6.07 Å². The lowest BCUT2D eigenvalue weighted by Crippen LogP contribution is -2.45. The molecule has 1 amide bonds. The van der Waals surface area contributed by atoms with E-state index < -0.39 is 32.7 Å². The van der Waals surface area contributed by atoms with Crippen molar-refractivity contribution in [2.75, 3.05) is 12.4 Å². The van der Waals surface area contributed by atoms with E-state index in [0.29, 0.717) is 11.4 Å². The molecule has 0 aliphatic heterocycles. The molecule has 156 valence electrons. The van der Waals surface area contributed by atoms with Crippen LogP contribution < -0.4 is 14.8 Å². The summed E-state index contributed by atoms with van der Waals surface area (Å²) < 4.78 is 47.0. The molecule has 0 bridgehead atoms. The summed E-state index contributed by atoms with van der Waals surface area (Å²) in [5, 5.41) is 2.69. The van der Waals surface area contributed by atoms with Gasteiger partial charge in [-0.25, -0.2) is 12.8 Å². The van der Waals surface area contributed by atoms with Crippen molar-refractivity contribution in [2.45, 2.75) is 17.4 Å². The Balaban J connectivity index is 1.85. The van der Waals surface area contributed by atoms with Crippen LogP contribution in [0, 0.1) is 5.82 Å². The first kappa shape index (κ1) is 21.5. The number of carbonyl (C=O) groups is 1. The molecule has 0 heterocycles. The molecule has 0 aliphatic rings. The summed E-state index contributed by atoms with van der Waals surface area (Å²) >= 11 is 0. The van der Waals surface area contributed by atoms with Crippen LogP contribution in [-0.2, 0) is 21.2 Å². The van der Waals surface area contributed by atoms with Crippen LogP contribution in [0.4, 0.5) is 10.1 Å². The smallest absolute Gasteiger partial charge is 0.244 e. The van der Waals surface area contributed by atoms with Crippen LogP contribution in [0.15, 0.2) is 83.8 Å². The fourth-order valence-electron chi connectivity index (χ4n) is 2.85. The molecule has 0 saturated heterocycles. The Hall–Kier alpha value is -3.23. The van der Waals surface area contributed by atoms with Gasteiger partial charge in [0.15, 0.2) is 0 Å². The van der Waals surface area contributed by atoms with Crippen LogP contribution in [0.5, 0.6) is 5.75 Å². The lowest BCUT2D eigenvalue weighted by Gasteiger charge is -2.19. The highest BCUT2D eigenvalue weighted by Crippen LogP contribution is 2.18. The number of ether oxygens (including phenoxy) is 1. The topological polar surface area (TPSA) is 84.5 Å². The Morgan fingerprint density at radius 3 is 2.23 bits per heavy atom. The van der Waals surface area contributed by atoms with Gasteiger partial charge in [-0.2, -0.15) is 4.72 Å². The number of amides is 1. The van der Waals surface area contributed by atoms with Crippen LogP contribution in [-0.4, -0.2) is 27.5 Å². The molecule has 1 atom stereocenters. The van der Waals surface area contributed by atoms with E-state index in [-0.39, 0.29) is 6.42 Å². The van der Waals surface area contributed by atoms with Crippen molar-refractivity contribution in [2.24, 2.45) is 0 Å². The largest absolute Gasteiger partial charge is 0.497 e. The monoisotopic (exact) mass is 428 g/mol. The molecule has 3 aromatic carbocycles. The third-order valence-corrected chi connectivity index (χ3v) is 5.89. The van der Waals surface area contributed by atoms with Gasteiger partial charge in [0, 0.05) is 5.69 Å². The molecule has 0 aliphatic carbocycles. The molecule has 3 rings (SSSR count). The maximum absolute atomic E-state index is 14.1. The fraction of sp³-hybridized carbons (Fsp3) is 0.136. The van der Waals surface area contributed by atoms with Gasteiger partial charge in [-0.15, -0.1) is 0 Å². The molecule has 1 unspecified atom stereocenters. The minimum Gasteiger partial charge on any atom is -0.497 e. The number of methoxy groups -OCH3 is 1. The molecular formula is C22H21FN2O4S. The summed E-state index contributed by atoms with van der Waals surface area (Å²) in [4.78, 5) is 12.4. The van der Waals surface area contributed by atoms with Crippen molar-refractivity contribution in [1.82, 2.24) is 4.72 Å². The minimum atomic E-state index is -4.26. The number of hydrogen-bond acceptors (Lipinski definition) is 4. The van der Waals surface area contributed by atoms with Gasteiger partial charge < -0.3 is 10.1 Å². The van der Waals surface area contributed by atoms with E-state index in [4.69, 9.17) is 4.74 Å². The quantitative estimate of drug-likeness (QED) is 0.576. The van der Waals surface area contributed by atoms with Crippen LogP contribution in [0.3, 0.4) is 0 Å². The number of nitrogens with one attached hydrogen (secondary N) is 2. The number of anilines is 1. The highest BCUT2D eigenvalue weighted by molar-refractivity contribution is 7.89. The third kappa shape index (κ3) is 5.43. The Labute approximate surface area is 174 Å². The number of halogens is 1. The van der Waals surface area contributed by atoms with E-state index >= 15 is 0 Å². The van der Waals surface area contributed by atoms with Crippen LogP contribution in [0.2, 0.25) is 0 Å². The zero-order chi connectivity index (χ0) is 21.6. The summed E-state index contributed by atoms with van der Waals surface area (Å²) in [6.07, 6.45) is 0.0938. The summed E-state index contributed by atoms with van der Waals surface area (Å²) in [5.74, 6) is -0.836. The Kier molecular flexibility index (Phi) is 6.81. The molecule has 30 heavy (non-hydrogen) atoms. The minimum absolute atomic E-state index is 0.0938. The highest BCUT2D eigenvalue weighted by Gasteiger charge is 2.28. The van der Waals surface area contributed by atoms with Gasteiger partial charge in [0.05, 0.1) is 7.11 Å². The molecule has 0 radical (unpaired) electrons. The summed E-state index contributed by atoms with van der Waals surface area (Å²) in [7, 11) is -2.74. The maximum atomic E-state index is 14.1. The second-order valence-corrected chi connectivity index (χ2v) is 8.19. The Bertz CT molecular complexity index is 1100. The molecule has 0 saturated carbocycles. The van der Waals surface area contributed by atoms with Crippen molar-refractivity contribution in [3.05, 3.63) is 90.2 Å². The van der Waals surface area contributed by atoms with Crippen LogP contribution in [0.25, 0.3) is 0 Å². The van der Waals surface area contributed by atoms with E-state index in [1.165, 1.54) is 19.2 Å². The first-order chi connectivity index (χ1) is 14.4. The Morgan fingerprint density at radius 1 is 0.967 bits per heavy atom. The first-order valence-electron chi connectivity index (χ1n) is 9.15. The van der Waals surface area contributed by atoms with E-state index in [0.717, 1.165) is 17.7 Å². The van der Waals surface area contributed by atoms with Gasteiger partial charge >= 0.3 is 0 Å². The molecule has 0 spiro atoms. The maximum Gasteiger partial charge on any atom is 0.244 e. The van der Waals surface area contributed by atoms with Gasteiger partial charge in [0.2, 0.25) is 15.9 Å². The van der Waals surface area contributed by atoms with Crippen molar-refractivity contribution < 1.29 is 22.3 Å². The van der Waals surface area contributed by atoms with Gasteiger partial charge in [-0.05, 0) is 48.4 Å². The van der Waals surface area contributed by atoms with E-state index in [1.54, 1.807) is 48.5 Å². The second kappa shape index (κ2) is 9.51. The Morgan fingerprint density at radius 2 is 1.60 bits per heavy atom. The third-order valence-electron chi connectivity index (χ3n) is 4.38. The SMILES string of the molecule is COc1ccc(NC(=O)C(Cc2ccccc2)NS(=O)(=O)c2ccccc2F)cc1. The number of sulfonamides is 1. The summed E-state index contributed by atoms with van der Waals surface area (Å²) in [5.41, 5.74) is 1.23. The highest BCUT2D eigenvalue weighted by atomic mass is 32.2. The lowest BCUT2D eigenvalue weighted by atomic mass is 10.1. The van der Waals surface area contributed by atoms with E-state index in [2.05, 4.69) is 10.0 Å². The first-order valence-corrected chi connectivity index (χ1v) is 10.6. The molecule has 0 fully saturated rings. The van der Waals surface area contributed by atoms with Crippen molar-refractivity contribution in [1.29, 1.82) is 0 Å². The summed E-state index contributed by atoms with van der Waals surface area (Å²) in [6, 6.07) is 19.5. The number of carbonyl (C=O) groups excluding carboxylic acids is 1. The predicted octanol–water partition coefficient (Wildman–Crippen LogP) is 3.36. The zero-order valence-corrected chi connectivity index (χ0v) is 17.0. The van der Waals surface area contributed by atoms with E-state index in [9.17, 15) is 17.6 Å². The predicted molar refractivity (Wildman–Crippen MR) is 112 cm³/mol. The zero-order valence-electron chi connectivity index (χ0n) is 16.2. The lowest BCUT2D eigenvalue weighted by molar-refractivity contribution is -0.117. The fourth-order valence-corrected chi connectivity index (χ4v) is 4.13. The molecular weight excluding hydrogens is 407 g/mol. The average molecular weight is 428 g/mol. The molecule has 2 N–H and O–H groups in total. The molecule has 3 aromatic rings. The standard InChI is InChI=1S/C22H21FN2O4S/c1-29-18-13-11-17(12-14-18)24-22(26)20(15-16-7-3-2-4-8-16)25-30(27,28)21-10-6-5-9-19(21)23/h2-14,20,25H,15H2,1H3,(H,24,26). The molecule has 6 nitrogen and oxygen atoms in total. The number of hydrogen-bond donors (Lipinski definition) is 2. The second-order valence-electron chi connectivity index (χ2n) is 6.51. The van der Waals surface area contributed by atoms with Crippen molar-refractivity contribution in [3.8, 4) is 5.75 Å². The number of benzene rings is 3. The normalized spacial score (nSPS) is 12.2. The molecule has 0 aromatic heterocycles. The van der Waals surface area contributed by atoms with Crippen molar-refractivity contribution >= 4 is 21.6 Å².